The van der Waals surface area contributed by atoms with Crippen molar-refractivity contribution in [3.05, 3.63) is 0 Å². The van der Waals surface area contributed by atoms with Crippen molar-refractivity contribution in [2.24, 2.45) is 11.1 Å². The van der Waals surface area contributed by atoms with E-state index < -0.39 is 0 Å². The van der Waals surface area contributed by atoms with Gasteiger partial charge < -0.3 is 5.73 Å². The van der Waals surface area contributed by atoms with Crippen LogP contribution in [0.4, 0.5) is 0 Å². The number of rotatable bonds is 12. The lowest BCUT2D eigenvalue weighted by atomic mass is 9.81. The molecular formula is C16H33NO. The number of nitrogens with two attached hydrogens (primary N) is 1. The molecule has 0 saturated heterocycles. The third-order valence-corrected chi connectivity index (χ3v) is 4.16. The van der Waals surface area contributed by atoms with Gasteiger partial charge in [0.15, 0.2) is 0 Å². The van der Waals surface area contributed by atoms with Gasteiger partial charge in [-0.15, -0.1) is 0 Å². The second-order valence-electron chi connectivity index (χ2n) is 5.77. The Kier molecular flexibility index (Phi) is 10.3. The van der Waals surface area contributed by atoms with E-state index in [4.69, 9.17) is 5.73 Å². The van der Waals surface area contributed by atoms with Gasteiger partial charge in [0.25, 0.3) is 0 Å². The summed E-state index contributed by atoms with van der Waals surface area (Å²) in [5.41, 5.74) is 5.42. The van der Waals surface area contributed by atoms with E-state index >= 15 is 0 Å². The quantitative estimate of drug-likeness (QED) is 0.523. The second kappa shape index (κ2) is 10.5. The first-order valence-electron chi connectivity index (χ1n) is 7.84. The van der Waals surface area contributed by atoms with Crippen LogP contribution in [-0.4, -0.2) is 12.3 Å². The molecule has 18 heavy (non-hydrogen) atoms. The monoisotopic (exact) mass is 255 g/mol. The van der Waals surface area contributed by atoms with E-state index in [1.807, 2.05) is 6.92 Å². The minimum absolute atomic E-state index is 0.277. The van der Waals surface area contributed by atoms with Gasteiger partial charge in [0.05, 0.1) is 0 Å². The first kappa shape index (κ1) is 17.6. The van der Waals surface area contributed by atoms with Crippen molar-refractivity contribution in [2.75, 3.05) is 6.54 Å². The third kappa shape index (κ3) is 7.15. The summed E-state index contributed by atoms with van der Waals surface area (Å²) in [5.74, 6) is 0.360. The predicted octanol–water partition coefficient (Wildman–Crippen LogP) is 4.46. The molecule has 0 saturated carbocycles. The Morgan fingerprint density at radius 1 is 0.944 bits per heavy atom. The Morgan fingerprint density at radius 2 is 1.44 bits per heavy atom. The van der Waals surface area contributed by atoms with Crippen LogP contribution < -0.4 is 5.73 Å². The molecule has 0 spiro atoms. The summed E-state index contributed by atoms with van der Waals surface area (Å²) < 4.78 is 0. The lowest BCUT2D eigenvalue weighted by molar-refractivity contribution is -0.127. The van der Waals surface area contributed by atoms with E-state index in [0.29, 0.717) is 12.3 Å². The van der Waals surface area contributed by atoms with Gasteiger partial charge in [-0.3, -0.25) is 4.79 Å². The molecule has 1 atom stereocenters. The summed E-state index contributed by atoms with van der Waals surface area (Å²) in [7, 11) is 0. The summed E-state index contributed by atoms with van der Waals surface area (Å²) in [6.07, 6.45) is 11.8. The van der Waals surface area contributed by atoms with Gasteiger partial charge in [-0.1, -0.05) is 65.7 Å². The van der Waals surface area contributed by atoms with Crippen LogP contribution in [0.1, 0.15) is 85.0 Å². The molecule has 0 aliphatic carbocycles. The number of Topliss-reactive ketones (excluding diaryl/α,β-unsaturated/α-hetero) is 1. The number of carbonyl (C=O) groups is 1. The lowest BCUT2D eigenvalue weighted by Crippen LogP contribution is -2.35. The number of carbonyl (C=O) groups excluding carboxylic acids is 1. The maximum absolute atomic E-state index is 12.0. The second-order valence-corrected chi connectivity index (χ2v) is 5.77. The topological polar surface area (TPSA) is 43.1 Å². The largest absolute Gasteiger partial charge is 0.329 e. The standard InChI is InChI=1S/C16H33NO/c1-4-6-7-8-9-10-11-12-13-15(18)16(3,5-2)14-17/h4-14,17H2,1-3H3. The molecule has 2 heteroatoms. The fraction of sp³-hybridized carbons (Fsp3) is 0.938. The molecule has 108 valence electrons. The fourth-order valence-corrected chi connectivity index (χ4v) is 2.18. The summed E-state index contributed by atoms with van der Waals surface area (Å²) in [5, 5.41) is 0. The summed E-state index contributed by atoms with van der Waals surface area (Å²) >= 11 is 0. The number of hydrogen-bond acceptors (Lipinski definition) is 2. The van der Waals surface area contributed by atoms with Gasteiger partial charge in [0, 0.05) is 18.4 Å². The maximum atomic E-state index is 12.0. The van der Waals surface area contributed by atoms with Crippen molar-refractivity contribution < 1.29 is 4.79 Å². The zero-order valence-electron chi connectivity index (χ0n) is 12.8. The molecule has 0 aliphatic heterocycles. The van der Waals surface area contributed by atoms with E-state index in [-0.39, 0.29) is 5.41 Å². The van der Waals surface area contributed by atoms with Gasteiger partial charge >= 0.3 is 0 Å². The molecule has 2 nitrogen and oxygen atoms in total. The molecule has 0 radical (unpaired) electrons. The molecule has 0 heterocycles. The zero-order chi connectivity index (χ0) is 13.9. The van der Waals surface area contributed by atoms with Crippen molar-refractivity contribution in [3.8, 4) is 0 Å². The van der Waals surface area contributed by atoms with E-state index in [1.165, 1.54) is 44.9 Å². The summed E-state index contributed by atoms with van der Waals surface area (Å²) in [6, 6.07) is 0. The third-order valence-electron chi connectivity index (χ3n) is 4.16. The van der Waals surface area contributed by atoms with Gasteiger partial charge in [0.2, 0.25) is 0 Å². The van der Waals surface area contributed by atoms with E-state index in [1.54, 1.807) is 0 Å². The van der Waals surface area contributed by atoms with E-state index in [9.17, 15) is 4.79 Å². The van der Waals surface area contributed by atoms with Crippen molar-refractivity contribution >= 4 is 5.78 Å². The minimum atomic E-state index is -0.277. The molecule has 0 fully saturated rings. The van der Waals surface area contributed by atoms with Crippen molar-refractivity contribution in [1.29, 1.82) is 0 Å². The first-order chi connectivity index (χ1) is 8.60. The summed E-state index contributed by atoms with van der Waals surface area (Å²) in [4.78, 5) is 12.0. The van der Waals surface area contributed by atoms with Crippen molar-refractivity contribution in [2.45, 2.75) is 85.0 Å². The Morgan fingerprint density at radius 3 is 1.89 bits per heavy atom. The van der Waals surface area contributed by atoms with Gasteiger partial charge in [-0.2, -0.15) is 0 Å². The zero-order valence-corrected chi connectivity index (χ0v) is 12.8. The molecule has 0 aromatic heterocycles. The minimum Gasteiger partial charge on any atom is -0.329 e. The van der Waals surface area contributed by atoms with Crippen LogP contribution in [-0.2, 0) is 4.79 Å². The van der Waals surface area contributed by atoms with Gasteiger partial charge in [-0.25, -0.2) is 0 Å². The van der Waals surface area contributed by atoms with Crippen LogP contribution in [0.25, 0.3) is 0 Å². The number of unbranched alkanes of at least 4 members (excludes halogenated alkanes) is 7. The highest BCUT2D eigenvalue weighted by molar-refractivity contribution is 5.84. The SMILES string of the molecule is CCCCCCCCCCC(=O)C(C)(CC)CN. The van der Waals surface area contributed by atoms with Crippen LogP contribution in [0.3, 0.4) is 0 Å². The Balaban J connectivity index is 3.51. The smallest absolute Gasteiger partial charge is 0.140 e. The van der Waals surface area contributed by atoms with Gasteiger partial charge in [-0.05, 0) is 12.8 Å². The van der Waals surface area contributed by atoms with Crippen LogP contribution >= 0.6 is 0 Å². The molecule has 0 rings (SSSR count). The highest BCUT2D eigenvalue weighted by Gasteiger charge is 2.28. The van der Waals surface area contributed by atoms with Crippen molar-refractivity contribution in [1.82, 2.24) is 0 Å². The Bertz CT molecular complexity index is 209. The van der Waals surface area contributed by atoms with Crippen molar-refractivity contribution in [3.63, 3.8) is 0 Å². The van der Waals surface area contributed by atoms with E-state index in [2.05, 4.69) is 13.8 Å². The Hall–Kier alpha value is -0.370. The highest BCUT2D eigenvalue weighted by atomic mass is 16.1. The number of ketones is 1. The van der Waals surface area contributed by atoms with E-state index in [0.717, 1.165) is 19.3 Å². The lowest BCUT2D eigenvalue weighted by Gasteiger charge is -2.24. The Labute approximate surface area is 114 Å². The molecule has 0 amide bonds. The fourth-order valence-electron chi connectivity index (χ4n) is 2.18. The van der Waals surface area contributed by atoms with Crippen LogP contribution in [0, 0.1) is 5.41 Å². The van der Waals surface area contributed by atoms with Gasteiger partial charge in [0.1, 0.15) is 5.78 Å². The molecule has 0 aromatic carbocycles. The highest BCUT2D eigenvalue weighted by Crippen LogP contribution is 2.23. The molecule has 0 aliphatic rings. The van der Waals surface area contributed by atoms with Crippen LogP contribution in [0.15, 0.2) is 0 Å². The predicted molar refractivity (Wildman–Crippen MR) is 79.7 cm³/mol. The average molecular weight is 255 g/mol. The summed E-state index contributed by atoms with van der Waals surface area (Å²) in [6.45, 7) is 6.78. The van der Waals surface area contributed by atoms with Crippen LogP contribution in [0.5, 0.6) is 0 Å². The molecule has 0 bridgehead atoms. The number of hydrogen-bond donors (Lipinski definition) is 1. The molecule has 0 aromatic rings. The average Bonchev–Trinajstić information content (AvgIpc) is 2.40. The molecule has 1 unspecified atom stereocenters. The first-order valence-corrected chi connectivity index (χ1v) is 7.84. The maximum Gasteiger partial charge on any atom is 0.140 e. The van der Waals surface area contributed by atoms with Crippen LogP contribution in [0.2, 0.25) is 0 Å². The normalized spacial score (nSPS) is 14.4. The molecule has 2 N–H and O–H groups in total. The molecular weight excluding hydrogens is 222 g/mol.